The highest BCUT2D eigenvalue weighted by molar-refractivity contribution is 7.07. The molecular weight excluding hydrogens is 274 g/mol. The molecule has 5 nitrogen and oxygen atoms in total. The van der Waals surface area contributed by atoms with Crippen LogP contribution in [0.1, 0.15) is 5.56 Å². The molecule has 0 spiro atoms. The summed E-state index contributed by atoms with van der Waals surface area (Å²) in [5, 5.41) is 18.1. The van der Waals surface area contributed by atoms with E-state index in [0.29, 0.717) is 6.54 Å². The van der Waals surface area contributed by atoms with Gasteiger partial charge in [-0.25, -0.2) is 4.98 Å². The molecule has 0 fully saturated rings. The first-order chi connectivity index (χ1) is 8.66. The monoisotopic (exact) mass is 283 g/mol. The van der Waals surface area contributed by atoms with E-state index in [1.165, 1.54) is 17.8 Å². The second-order valence-corrected chi connectivity index (χ2v) is 4.80. The van der Waals surface area contributed by atoms with Crippen LogP contribution in [-0.2, 0) is 6.42 Å². The van der Waals surface area contributed by atoms with Crippen LogP contribution < -0.4 is 5.32 Å². The highest BCUT2D eigenvalue weighted by Crippen LogP contribution is 2.24. The van der Waals surface area contributed by atoms with Gasteiger partial charge in [0.05, 0.1) is 9.95 Å². The first kappa shape index (κ1) is 12.8. The summed E-state index contributed by atoms with van der Waals surface area (Å²) in [4.78, 5) is 14.3. The van der Waals surface area contributed by atoms with Gasteiger partial charge in [-0.1, -0.05) is 11.6 Å². The highest BCUT2D eigenvalue weighted by Gasteiger charge is 2.15. The fourth-order valence-corrected chi connectivity index (χ4v) is 2.32. The standard InChI is InChI=1S/C11H10ClN3O2S/c12-9-5-10(15(16)17)11(14-6-9)13-3-1-8-2-4-18-7-8/h2,4-7H,1,3H2,(H,13,14). The van der Waals surface area contributed by atoms with Crippen molar-refractivity contribution in [2.75, 3.05) is 11.9 Å². The molecule has 0 aliphatic heterocycles. The van der Waals surface area contributed by atoms with Gasteiger partial charge in [0.25, 0.3) is 0 Å². The van der Waals surface area contributed by atoms with Gasteiger partial charge in [-0.05, 0) is 28.8 Å². The van der Waals surface area contributed by atoms with E-state index in [9.17, 15) is 10.1 Å². The minimum atomic E-state index is -0.494. The topological polar surface area (TPSA) is 68.1 Å². The lowest BCUT2D eigenvalue weighted by molar-refractivity contribution is -0.384. The van der Waals surface area contributed by atoms with E-state index in [2.05, 4.69) is 10.3 Å². The molecule has 0 atom stereocenters. The van der Waals surface area contributed by atoms with Crippen molar-refractivity contribution in [3.63, 3.8) is 0 Å². The van der Waals surface area contributed by atoms with E-state index in [4.69, 9.17) is 11.6 Å². The van der Waals surface area contributed by atoms with Crippen molar-refractivity contribution in [1.82, 2.24) is 4.98 Å². The molecule has 2 aromatic rings. The number of pyridine rings is 1. The minimum absolute atomic E-state index is 0.104. The molecule has 0 aliphatic carbocycles. The molecule has 0 amide bonds. The largest absolute Gasteiger partial charge is 0.364 e. The number of nitrogens with zero attached hydrogens (tertiary/aromatic N) is 2. The molecular formula is C11H10ClN3O2S. The minimum Gasteiger partial charge on any atom is -0.364 e. The van der Waals surface area contributed by atoms with Gasteiger partial charge in [-0.2, -0.15) is 11.3 Å². The SMILES string of the molecule is O=[N+]([O-])c1cc(Cl)cnc1NCCc1ccsc1. The van der Waals surface area contributed by atoms with Gasteiger partial charge < -0.3 is 5.32 Å². The first-order valence-electron chi connectivity index (χ1n) is 5.21. The van der Waals surface area contributed by atoms with E-state index in [-0.39, 0.29) is 16.5 Å². The number of halogens is 1. The predicted octanol–water partition coefficient (Wildman–Crippen LogP) is 3.36. The number of anilines is 1. The lowest BCUT2D eigenvalue weighted by Gasteiger charge is -2.05. The molecule has 18 heavy (non-hydrogen) atoms. The zero-order valence-corrected chi connectivity index (χ0v) is 10.9. The smallest absolute Gasteiger partial charge is 0.312 e. The van der Waals surface area contributed by atoms with Crippen molar-refractivity contribution in [1.29, 1.82) is 0 Å². The summed E-state index contributed by atoms with van der Waals surface area (Å²) >= 11 is 7.31. The zero-order valence-electron chi connectivity index (χ0n) is 9.30. The number of hydrogen-bond acceptors (Lipinski definition) is 5. The molecule has 1 N–H and O–H groups in total. The molecule has 0 aromatic carbocycles. The normalized spacial score (nSPS) is 10.3. The Bertz CT molecular complexity index is 545. The summed E-state index contributed by atoms with van der Waals surface area (Å²) < 4.78 is 0. The second kappa shape index (κ2) is 5.79. The maximum absolute atomic E-state index is 10.8. The Kier molecular flexibility index (Phi) is 4.11. The summed E-state index contributed by atoms with van der Waals surface area (Å²) in [6.07, 6.45) is 2.19. The summed E-state index contributed by atoms with van der Waals surface area (Å²) in [5.74, 6) is 0.250. The molecule has 0 saturated heterocycles. The summed E-state index contributed by atoms with van der Waals surface area (Å²) in [6.45, 7) is 0.589. The van der Waals surface area contributed by atoms with E-state index >= 15 is 0 Å². The van der Waals surface area contributed by atoms with Crippen LogP contribution in [-0.4, -0.2) is 16.5 Å². The van der Waals surface area contributed by atoms with E-state index in [1.54, 1.807) is 11.3 Å². The zero-order chi connectivity index (χ0) is 13.0. The van der Waals surface area contributed by atoms with Crippen LogP contribution in [0.5, 0.6) is 0 Å². The Labute approximate surface area is 113 Å². The maximum atomic E-state index is 10.8. The van der Waals surface area contributed by atoms with Crippen molar-refractivity contribution in [3.8, 4) is 0 Å². The van der Waals surface area contributed by atoms with Crippen molar-refractivity contribution < 1.29 is 4.92 Å². The van der Waals surface area contributed by atoms with Crippen molar-refractivity contribution in [3.05, 3.63) is 49.8 Å². The van der Waals surface area contributed by atoms with Gasteiger partial charge in [0.15, 0.2) is 0 Å². The molecule has 0 radical (unpaired) electrons. The number of rotatable bonds is 5. The van der Waals surface area contributed by atoms with Crippen LogP contribution >= 0.6 is 22.9 Å². The molecule has 94 valence electrons. The fraction of sp³-hybridized carbons (Fsp3) is 0.182. The van der Waals surface area contributed by atoms with Gasteiger partial charge in [-0.3, -0.25) is 10.1 Å². The third-order valence-electron chi connectivity index (χ3n) is 2.32. The summed E-state index contributed by atoms with van der Waals surface area (Å²) in [5.41, 5.74) is 1.09. The molecule has 0 bridgehead atoms. The van der Waals surface area contributed by atoms with Gasteiger partial charge in [-0.15, -0.1) is 0 Å². The van der Waals surface area contributed by atoms with Crippen LogP contribution in [0, 0.1) is 10.1 Å². The van der Waals surface area contributed by atoms with Gasteiger partial charge >= 0.3 is 5.69 Å². The van der Waals surface area contributed by atoms with Crippen molar-refractivity contribution >= 4 is 34.4 Å². The van der Waals surface area contributed by atoms with Crippen LogP contribution in [0.15, 0.2) is 29.1 Å². The van der Waals surface area contributed by atoms with Gasteiger partial charge in [0.2, 0.25) is 5.82 Å². The third kappa shape index (κ3) is 3.18. The van der Waals surface area contributed by atoms with E-state index in [0.717, 1.165) is 6.42 Å². The van der Waals surface area contributed by atoms with E-state index in [1.807, 2.05) is 16.8 Å². The first-order valence-corrected chi connectivity index (χ1v) is 6.54. The average molecular weight is 284 g/mol. The highest BCUT2D eigenvalue weighted by atomic mass is 35.5. The number of hydrogen-bond donors (Lipinski definition) is 1. The Morgan fingerprint density at radius 3 is 3.06 bits per heavy atom. The Morgan fingerprint density at radius 2 is 2.39 bits per heavy atom. The van der Waals surface area contributed by atoms with Crippen molar-refractivity contribution in [2.24, 2.45) is 0 Å². The lowest BCUT2D eigenvalue weighted by atomic mass is 10.2. The average Bonchev–Trinajstić information content (AvgIpc) is 2.84. The Balaban J connectivity index is 2.02. The molecule has 0 unspecified atom stereocenters. The Morgan fingerprint density at radius 1 is 1.56 bits per heavy atom. The number of nitrogens with one attached hydrogen (secondary N) is 1. The molecule has 2 rings (SSSR count). The number of nitro groups is 1. The lowest BCUT2D eigenvalue weighted by Crippen LogP contribution is -2.08. The van der Waals surface area contributed by atoms with Gasteiger partial charge in [0.1, 0.15) is 0 Å². The van der Waals surface area contributed by atoms with E-state index < -0.39 is 4.92 Å². The quantitative estimate of drug-likeness (QED) is 0.675. The fourth-order valence-electron chi connectivity index (χ4n) is 1.46. The predicted molar refractivity (Wildman–Crippen MR) is 72.4 cm³/mol. The number of aromatic nitrogens is 1. The maximum Gasteiger partial charge on any atom is 0.312 e. The molecule has 0 saturated carbocycles. The Hall–Kier alpha value is -1.66. The van der Waals surface area contributed by atoms with Crippen LogP contribution in [0.2, 0.25) is 5.02 Å². The molecule has 7 heteroatoms. The second-order valence-electron chi connectivity index (χ2n) is 3.59. The van der Waals surface area contributed by atoms with Crippen LogP contribution in [0.25, 0.3) is 0 Å². The van der Waals surface area contributed by atoms with Crippen LogP contribution in [0.3, 0.4) is 0 Å². The van der Waals surface area contributed by atoms with Crippen molar-refractivity contribution in [2.45, 2.75) is 6.42 Å². The summed E-state index contributed by atoms with van der Waals surface area (Å²) in [6, 6.07) is 3.32. The number of thiophene rings is 1. The van der Waals surface area contributed by atoms with Crippen LogP contribution in [0.4, 0.5) is 11.5 Å². The molecule has 2 aromatic heterocycles. The molecule has 0 aliphatic rings. The summed E-state index contributed by atoms with van der Waals surface area (Å²) in [7, 11) is 0. The molecule has 2 heterocycles. The van der Waals surface area contributed by atoms with Gasteiger partial charge in [0, 0.05) is 18.8 Å². The third-order valence-corrected chi connectivity index (χ3v) is 3.26.